The van der Waals surface area contributed by atoms with Crippen molar-refractivity contribution in [1.82, 2.24) is 4.98 Å². The van der Waals surface area contributed by atoms with Gasteiger partial charge in [-0.1, -0.05) is 54.3 Å². The second-order valence-electron chi connectivity index (χ2n) is 7.76. The molecule has 0 saturated heterocycles. The van der Waals surface area contributed by atoms with E-state index in [-0.39, 0.29) is 5.56 Å². The number of fused-ring (bicyclic) bond motifs is 1. The Balaban J connectivity index is 1.66. The van der Waals surface area contributed by atoms with Crippen LogP contribution in [0.3, 0.4) is 0 Å². The summed E-state index contributed by atoms with van der Waals surface area (Å²) in [6.07, 6.45) is 4.50. The molecule has 0 aliphatic rings. The third kappa shape index (κ3) is 4.77. The smallest absolute Gasteiger partial charge is 0.266 e. The molecule has 0 fully saturated rings. The number of pyridine rings is 1. The molecule has 1 heterocycles. The fraction of sp³-hybridized carbons (Fsp3) is 0.111. The van der Waals surface area contributed by atoms with Gasteiger partial charge in [0.2, 0.25) is 0 Å². The van der Waals surface area contributed by atoms with E-state index >= 15 is 0 Å². The number of amides is 1. The summed E-state index contributed by atoms with van der Waals surface area (Å²) in [4.78, 5) is 17.5. The Labute approximate surface area is 188 Å². The SMILES string of the molecule is Cc1cc(C)cc(S(C)(=O)=NC(=O)c2cncc(C#Cc3cccc4ccccc34)c2)c1. The van der Waals surface area contributed by atoms with E-state index < -0.39 is 15.6 Å². The predicted molar refractivity (Wildman–Crippen MR) is 129 cm³/mol. The number of hydrogen-bond donors (Lipinski definition) is 0. The minimum Gasteiger partial charge on any atom is -0.266 e. The number of aryl methyl sites for hydroxylation is 2. The normalized spacial score (nSPS) is 12.5. The van der Waals surface area contributed by atoms with Gasteiger partial charge in [-0.2, -0.15) is 4.36 Å². The highest BCUT2D eigenvalue weighted by molar-refractivity contribution is 7.93. The molecule has 0 radical (unpaired) electrons. The van der Waals surface area contributed by atoms with E-state index in [4.69, 9.17) is 0 Å². The molecule has 4 rings (SSSR count). The summed E-state index contributed by atoms with van der Waals surface area (Å²) in [5.74, 6) is 5.68. The van der Waals surface area contributed by atoms with E-state index in [1.54, 1.807) is 24.4 Å². The van der Waals surface area contributed by atoms with Gasteiger partial charge in [0.25, 0.3) is 5.91 Å². The van der Waals surface area contributed by atoms with E-state index in [1.807, 2.05) is 62.4 Å². The van der Waals surface area contributed by atoms with Crippen LogP contribution >= 0.6 is 0 Å². The summed E-state index contributed by atoms with van der Waals surface area (Å²) in [5.41, 5.74) is 3.70. The van der Waals surface area contributed by atoms with Crippen molar-refractivity contribution >= 4 is 26.4 Å². The number of carbonyl (C=O) groups excluding carboxylic acids is 1. The monoisotopic (exact) mass is 438 g/mol. The maximum Gasteiger partial charge on any atom is 0.286 e. The first-order valence-corrected chi connectivity index (χ1v) is 12.0. The van der Waals surface area contributed by atoms with Crippen LogP contribution in [0.4, 0.5) is 0 Å². The molecule has 0 aliphatic carbocycles. The molecule has 1 aromatic heterocycles. The summed E-state index contributed by atoms with van der Waals surface area (Å²) >= 11 is 0. The highest BCUT2D eigenvalue weighted by atomic mass is 32.2. The Bertz CT molecular complexity index is 1510. The van der Waals surface area contributed by atoms with Gasteiger partial charge in [0.15, 0.2) is 0 Å². The second kappa shape index (κ2) is 8.78. The third-order valence-corrected chi connectivity index (χ3v) is 6.63. The summed E-state index contributed by atoms with van der Waals surface area (Å²) in [6, 6.07) is 21.2. The van der Waals surface area contributed by atoms with E-state index in [1.165, 1.54) is 12.5 Å². The molecular formula is C27H22N2O2S. The van der Waals surface area contributed by atoms with Crippen LogP contribution < -0.4 is 0 Å². The highest BCUT2D eigenvalue weighted by Gasteiger charge is 2.13. The van der Waals surface area contributed by atoms with Gasteiger partial charge >= 0.3 is 0 Å². The molecule has 4 aromatic rings. The number of hydrogen-bond acceptors (Lipinski definition) is 3. The van der Waals surface area contributed by atoms with Gasteiger partial charge in [0, 0.05) is 34.7 Å². The first-order chi connectivity index (χ1) is 15.3. The zero-order valence-corrected chi connectivity index (χ0v) is 18.9. The number of nitrogens with zero attached hydrogens (tertiary/aromatic N) is 2. The van der Waals surface area contributed by atoms with Crippen molar-refractivity contribution in [1.29, 1.82) is 0 Å². The van der Waals surface area contributed by atoms with Crippen molar-refractivity contribution in [3.8, 4) is 11.8 Å². The molecular weight excluding hydrogens is 416 g/mol. The van der Waals surface area contributed by atoms with Crippen molar-refractivity contribution in [2.45, 2.75) is 18.7 Å². The zero-order chi connectivity index (χ0) is 22.7. The average molecular weight is 439 g/mol. The van der Waals surface area contributed by atoms with Crippen molar-refractivity contribution in [3.05, 3.63) is 107 Å². The molecule has 4 nitrogen and oxygen atoms in total. The summed E-state index contributed by atoms with van der Waals surface area (Å²) in [7, 11) is -2.88. The fourth-order valence-electron chi connectivity index (χ4n) is 3.51. The van der Waals surface area contributed by atoms with Gasteiger partial charge in [0.05, 0.1) is 15.3 Å². The lowest BCUT2D eigenvalue weighted by Gasteiger charge is -2.07. The van der Waals surface area contributed by atoms with E-state index in [2.05, 4.69) is 21.2 Å². The van der Waals surface area contributed by atoms with Crippen LogP contribution in [-0.2, 0) is 9.73 Å². The molecule has 3 aromatic carbocycles. The highest BCUT2D eigenvalue weighted by Crippen LogP contribution is 2.19. The van der Waals surface area contributed by atoms with Crippen LogP contribution in [0.15, 0.2) is 88.4 Å². The van der Waals surface area contributed by atoms with Crippen molar-refractivity contribution in [2.24, 2.45) is 4.36 Å². The maximum absolute atomic E-state index is 13.2. The van der Waals surface area contributed by atoms with Crippen LogP contribution in [0.25, 0.3) is 10.8 Å². The van der Waals surface area contributed by atoms with Gasteiger partial charge in [-0.15, -0.1) is 0 Å². The van der Waals surface area contributed by atoms with E-state index in [0.29, 0.717) is 10.5 Å². The lowest BCUT2D eigenvalue weighted by atomic mass is 10.0. The van der Waals surface area contributed by atoms with Gasteiger partial charge in [-0.05, 0) is 60.0 Å². The Morgan fingerprint density at radius 1 is 0.906 bits per heavy atom. The minimum absolute atomic E-state index is 0.258. The summed E-state index contributed by atoms with van der Waals surface area (Å²) in [5, 5.41) is 2.18. The largest absolute Gasteiger partial charge is 0.286 e. The lowest BCUT2D eigenvalue weighted by molar-refractivity contribution is 0.100. The standard InChI is InChI=1S/C27H22N2O2S/c1-19-13-20(2)15-25(14-19)32(3,31)29-27(30)24-16-21(17-28-18-24)11-12-23-9-6-8-22-7-4-5-10-26(22)23/h4-10,13-18H,1-3H3. The minimum atomic E-state index is -2.88. The molecule has 0 spiro atoms. The molecule has 1 atom stereocenters. The van der Waals surface area contributed by atoms with Crippen molar-refractivity contribution in [2.75, 3.05) is 6.26 Å². The van der Waals surface area contributed by atoms with Crippen molar-refractivity contribution < 1.29 is 9.00 Å². The molecule has 32 heavy (non-hydrogen) atoms. The Morgan fingerprint density at radius 3 is 2.41 bits per heavy atom. The Kier molecular flexibility index (Phi) is 5.89. The predicted octanol–water partition coefficient (Wildman–Crippen LogP) is 5.55. The second-order valence-corrected chi connectivity index (χ2v) is 10.0. The molecule has 5 heteroatoms. The molecule has 0 saturated carbocycles. The molecule has 0 bridgehead atoms. The maximum atomic E-state index is 13.2. The Hall–Kier alpha value is -3.75. The number of rotatable bonds is 2. The van der Waals surface area contributed by atoms with Crippen LogP contribution in [-0.4, -0.2) is 21.4 Å². The average Bonchev–Trinajstić information content (AvgIpc) is 2.77. The van der Waals surface area contributed by atoms with Crippen LogP contribution in [0, 0.1) is 25.7 Å². The van der Waals surface area contributed by atoms with Crippen molar-refractivity contribution in [3.63, 3.8) is 0 Å². The molecule has 0 aliphatic heterocycles. The first kappa shape index (κ1) is 21.5. The molecule has 1 amide bonds. The number of carbonyl (C=O) groups is 1. The summed E-state index contributed by atoms with van der Waals surface area (Å²) in [6.45, 7) is 3.85. The molecule has 158 valence electrons. The van der Waals surface area contributed by atoms with Crippen LogP contribution in [0.2, 0.25) is 0 Å². The molecule has 0 N–H and O–H groups in total. The topological polar surface area (TPSA) is 59.4 Å². The van der Waals surface area contributed by atoms with Crippen LogP contribution in [0.1, 0.15) is 32.6 Å². The number of benzene rings is 3. The van der Waals surface area contributed by atoms with E-state index in [0.717, 1.165) is 27.5 Å². The van der Waals surface area contributed by atoms with E-state index in [9.17, 15) is 9.00 Å². The van der Waals surface area contributed by atoms with Gasteiger partial charge in [0.1, 0.15) is 0 Å². The fourth-order valence-corrected chi connectivity index (χ4v) is 4.85. The molecule has 1 unspecified atom stereocenters. The Morgan fingerprint density at radius 2 is 1.62 bits per heavy atom. The van der Waals surface area contributed by atoms with Gasteiger partial charge < -0.3 is 0 Å². The van der Waals surface area contributed by atoms with Crippen LogP contribution in [0.5, 0.6) is 0 Å². The zero-order valence-electron chi connectivity index (χ0n) is 18.1. The van der Waals surface area contributed by atoms with Gasteiger partial charge in [-0.3, -0.25) is 9.78 Å². The summed E-state index contributed by atoms with van der Waals surface area (Å²) < 4.78 is 17.2. The quantitative estimate of drug-likeness (QED) is 0.386. The lowest BCUT2D eigenvalue weighted by Crippen LogP contribution is -2.05. The number of aromatic nitrogens is 1. The first-order valence-electron chi connectivity index (χ1n) is 10.1. The third-order valence-electron chi connectivity index (χ3n) is 5.01. The van der Waals surface area contributed by atoms with Gasteiger partial charge in [-0.25, -0.2) is 4.21 Å².